The Morgan fingerprint density at radius 2 is 1.77 bits per heavy atom. The Hall–Kier alpha value is -3.41. The van der Waals surface area contributed by atoms with Crippen molar-refractivity contribution in [1.82, 2.24) is 0 Å². The predicted molar refractivity (Wildman–Crippen MR) is 95.7 cm³/mol. The summed E-state index contributed by atoms with van der Waals surface area (Å²) in [7, 11) is 0. The van der Waals surface area contributed by atoms with E-state index < -0.39 is 24.3 Å². The number of phenols is 1. The van der Waals surface area contributed by atoms with E-state index in [4.69, 9.17) is 4.74 Å². The third-order valence-electron chi connectivity index (χ3n) is 3.82. The average Bonchev–Trinajstić information content (AvgIpc) is 2.61. The lowest BCUT2D eigenvalue weighted by Gasteiger charge is -2.09. The Kier molecular flexibility index (Phi) is 4.84. The summed E-state index contributed by atoms with van der Waals surface area (Å²) in [5.41, 5.74) is 0.682. The number of fused-ring (bicyclic) bond motifs is 1. The molecule has 2 N–H and O–H groups in total. The molecule has 0 aromatic heterocycles. The molecule has 3 rings (SSSR count). The van der Waals surface area contributed by atoms with Crippen molar-refractivity contribution in [2.24, 2.45) is 0 Å². The van der Waals surface area contributed by atoms with Gasteiger partial charge in [-0.3, -0.25) is 4.79 Å². The summed E-state index contributed by atoms with van der Waals surface area (Å²) in [5, 5.41) is 13.9. The van der Waals surface area contributed by atoms with Gasteiger partial charge >= 0.3 is 5.97 Å². The Morgan fingerprint density at radius 1 is 1.08 bits per heavy atom. The summed E-state index contributed by atoms with van der Waals surface area (Å²) in [6.45, 7) is 1.13. The number of aryl methyl sites for hydroxylation is 1. The molecule has 3 aromatic rings. The number of phenolic OH excluding ortho intramolecular Hbond substituents is 1. The van der Waals surface area contributed by atoms with E-state index in [2.05, 4.69) is 5.32 Å². The molecule has 0 saturated carbocycles. The average molecular weight is 353 g/mol. The second-order valence-electron chi connectivity index (χ2n) is 5.82. The van der Waals surface area contributed by atoms with Crippen molar-refractivity contribution in [3.8, 4) is 5.75 Å². The number of amides is 1. The number of rotatable bonds is 4. The monoisotopic (exact) mass is 353 g/mol. The van der Waals surface area contributed by atoms with E-state index in [0.29, 0.717) is 0 Å². The highest BCUT2D eigenvalue weighted by Gasteiger charge is 2.16. The zero-order valence-corrected chi connectivity index (χ0v) is 14.0. The van der Waals surface area contributed by atoms with Crippen molar-refractivity contribution in [3.63, 3.8) is 0 Å². The molecule has 0 unspecified atom stereocenters. The number of esters is 1. The fourth-order valence-corrected chi connectivity index (χ4v) is 2.51. The molecule has 0 atom stereocenters. The minimum atomic E-state index is -0.840. The largest absolute Gasteiger partial charge is 0.507 e. The Balaban J connectivity index is 1.66. The summed E-state index contributed by atoms with van der Waals surface area (Å²) in [5.74, 6) is -2.33. The van der Waals surface area contributed by atoms with Crippen LogP contribution in [0.4, 0.5) is 10.1 Å². The van der Waals surface area contributed by atoms with E-state index in [0.717, 1.165) is 16.3 Å². The van der Waals surface area contributed by atoms with Crippen molar-refractivity contribution in [3.05, 3.63) is 71.5 Å². The molecule has 0 fully saturated rings. The van der Waals surface area contributed by atoms with E-state index in [9.17, 15) is 19.1 Å². The number of hydrogen-bond acceptors (Lipinski definition) is 4. The first kappa shape index (κ1) is 17.4. The van der Waals surface area contributed by atoms with Gasteiger partial charge in [-0.2, -0.15) is 0 Å². The second kappa shape index (κ2) is 7.23. The maximum atomic E-state index is 13.7. The first-order valence-corrected chi connectivity index (χ1v) is 7.89. The molecule has 0 bridgehead atoms. The number of carbonyl (C=O) groups excluding carboxylic acids is 2. The van der Waals surface area contributed by atoms with Crippen LogP contribution < -0.4 is 5.32 Å². The van der Waals surface area contributed by atoms with Gasteiger partial charge < -0.3 is 15.2 Å². The van der Waals surface area contributed by atoms with Crippen molar-refractivity contribution in [2.45, 2.75) is 6.92 Å². The number of benzene rings is 3. The van der Waals surface area contributed by atoms with Gasteiger partial charge in [0.2, 0.25) is 0 Å². The Bertz CT molecular complexity index is 1000. The summed E-state index contributed by atoms with van der Waals surface area (Å²) < 4.78 is 18.6. The number of hydrogen-bond donors (Lipinski definition) is 2. The fourth-order valence-electron chi connectivity index (χ4n) is 2.51. The molecule has 5 nitrogen and oxygen atoms in total. The third kappa shape index (κ3) is 3.80. The number of carbonyl (C=O) groups is 2. The highest BCUT2D eigenvalue weighted by Crippen LogP contribution is 2.25. The number of halogens is 1. The van der Waals surface area contributed by atoms with Crippen LogP contribution in [0.5, 0.6) is 5.75 Å². The second-order valence-corrected chi connectivity index (χ2v) is 5.82. The summed E-state index contributed by atoms with van der Waals surface area (Å²) in [6.07, 6.45) is 0. The summed E-state index contributed by atoms with van der Waals surface area (Å²) in [4.78, 5) is 24.0. The van der Waals surface area contributed by atoms with Gasteiger partial charge in [-0.15, -0.1) is 0 Å². The van der Waals surface area contributed by atoms with Gasteiger partial charge in [0.25, 0.3) is 5.91 Å². The lowest BCUT2D eigenvalue weighted by Crippen LogP contribution is -2.21. The number of nitrogens with one attached hydrogen (secondary N) is 1. The van der Waals surface area contributed by atoms with Crippen molar-refractivity contribution in [2.75, 3.05) is 11.9 Å². The Morgan fingerprint density at radius 3 is 2.46 bits per heavy atom. The minimum Gasteiger partial charge on any atom is -0.507 e. The molecule has 0 aliphatic heterocycles. The smallest absolute Gasteiger partial charge is 0.342 e. The van der Waals surface area contributed by atoms with Gasteiger partial charge in [-0.1, -0.05) is 30.3 Å². The molecule has 3 aromatic carbocycles. The molecule has 0 radical (unpaired) electrons. The molecule has 26 heavy (non-hydrogen) atoms. The number of aromatic hydroxyl groups is 1. The molecular weight excluding hydrogens is 337 g/mol. The first-order chi connectivity index (χ1) is 12.4. The van der Waals surface area contributed by atoms with E-state index in [1.807, 2.05) is 6.07 Å². The summed E-state index contributed by atoms with van der Waals surface area (Å²) in [6, 6.07) is 14.5. The molecular formula is C20H16FNO4. The first-order valence-electron chi connectivity index (χ1n) is 7.89. The van der Waals surface area contributed by atoms with Crippen LogP contribution in [0.1, 0.15) is 15.9 Å². The van der Waals surface area contributed by atoms with Crippen LogP contribution in [0.3, 0.4) is 0 Å². The van der Waals surface area contributed by atoms with Crippen LogP contribution in [0, 0.1) is 12.7 Å². The van der Waals surface area contributed by atoms with E-state index in [-0.39, 0.29) is 17.0 Å². The van der Waals surface area contributed by atoms with Crippen molar-refractivity contribution in [1.29, 1.82) is 0 Å². The molecule has 1 amide bonds. The van der Waals surface area contributed by atoms with Crippen molar-refractivity contribution >= 4 is 28.3 Å². The maximum absolute atomic E-state index is 13.7. The van der Waals surface area contributed by atoms with E-state index in [1.165, 1.54) is 24.3 Å². The standard InChI is InChI=1S/C20H16FNO4/c1-12-6-7-17(16(21)8-12)22-19(24)11-26-20(25)15-9-13-4-2-3-5-14(13)10-18(15)23/h2-10,23H,11H2,1H3,(H,22,24). The number of ether oxygens (including phenoxy) is 1. The quantitative estimate of drug-likeness (QED) is 0.700. The van der Waals surface area contributed by atoms with Crippen molar-refractivity contribution < 1.29 is 23.8 Å². The molecule has 0 aliphatic rings. The predicted octanol–water partition coefficient (Wildman–Crippen LogP) is 3.79. The molecule has 6 heteroatoms. The van der Waals surface area contributed by atoms with Crippen LogP contribution in [0.25, 0.3) is 10.8 Å². The highest BCUT2D eigenvalue weighted by molar-refractivity contribution is 6.00. The van der Waals surface area contributed by atoms with Gasteiger partial charge in [-0.05, 0) is 47.5 Å². The SMILES string of the molecule is Cc1ccc(NC(=O)COC(=O)c2cc3ccccc3cc2O)c(F)c1. The van der Waals surface area contributed by atoms with Gasteiger partial charge in [0, 0.05) is 0 Å². The Labute approximate surface area is 149 Å². The van der Waals surface area contributed by atoms with Crippen LogP contribution in [0.15, 0.2) is 54.6 Å². The van der Waals surface area contributed by atoms with Crippen LogP contribution in [0.2, 0.25) is 0 Å². The van der Waals surface area contributed by atoms with E-state index in [1.54, 1.807) is 31.2 Å². The maximum Gasteiger partial charge on any atom is 0.342 e. The van der Waals surface area contributed by atoms with Gasteiger partial charge in [0.1, 0.15) is 17.1 Å². The fraction of sp³-hybridized carbons (Fsp3) is 0.100. The van der Waals surface area contributed by atoms with Gasteiger partial charge in [0.15, 0.2) is 6.61 Å². The zero-order valence-electron chi connectivity index (χ0n) is 14.0. The molecule has 132 valence electrons. The molecule has 0 spiro atoms. The van der Waals surface area contributed by atoms with E-state index >= 15 is 0 Å². The highest BCUT2D eigenvalue weighted by atomic mass is 19.1. The van der Waals surface area contributed by atoms with Crippen LogP contribution in [-0.4, -0.2) is 23.6 Å². The molecule has 0 heterocycles. The topological polar surface area (TPSA) is 75.6 Å². The zero-order chi connectivity index (χ0) is 18.7. The van der Waals surface area contributed by atoms with Crippen LogP contribution >= 0.6 is 0 Å². The summed E-state index contributed by atoms with van der Waals surface area (Å²) >= 11 is 0. The normalized spacial score (nSPS) is 10.5. The number of anilines is 1. The minimum absolute atomic E-state index is 0.00482. The lowest BCUT2D eigenvalue weighted by atomic mass is 10.1. The third-order valence-corrected chi connectivity index (χ3v) is 3.82. The molecule has 0 saturated heterocycles. The van der Waals surface area contributed by atoms with Gasteiger partial charge in [0.05, 0.1) is 5.69 Å². The van der Waals surface area contributed by atoms with Gasteiger partial charge in [-0.25, -0.2) is 9.18 Å². The molecule has 0 aliphatic carbocycles. The lowest BCUT2D eigenvalue weighted by molar-refractivity contribution is -0.119. The van der Waals surface area contributed by atoms with Crippen LogP contribution in [-0.2, 0) is 9.53 Å².